The van der Waals surface area contributed by atoms with Gasteiger partial charge in [-0.2, -0.15) is 0 Å². The summed E-state index contributed by atoms with van der Waals surface area (Å²) in [6, 6.07) is 7.64. The Bertz CT molecular complexity index is 727. The zero-order chi connectivity index (χ0) is 23.0. The molecule has 1 aromatic carbocycles. The van der Waals surface area contributed by atoms with Crippen molar-refractivity contribution in [1.82, 2.24) is 15.1 Å². The normalized spacial score (nSPS) is 19.7. The lowest BCUT2D eigenvalue weighted by molar-refractivity contribution is -0.130. The Kier molecular flexibility index (Phi) is 9.42. The van der Waals surface area contributed by atoms with Crippen LogP contribution in [0.5, 0.6) is 0 Å². The Hall–Kier alpha value is -1.59. The monoisotopic (exact) mass is 442 g/mol. The lowest BCUT2D eigenvalue weighted by atomic mass is 9.86. The minimum atomic E-state index is 0.283. The molecule has 0 radical (unpaired) electrons. The van der Waals surface area contributed by atoms with Gasteiger partial charge in [0.05, 0.1) is 0 Å². The zero-order valence-corrected chi connectivity index (χ0v) is 21.0. The summed E-state index contributed by atoms with van der Waals surface area (Å²) in [6.07, 6.45) is 7.75. The van der Waals surface area contributed by atoms with Crippen molar-refractivity contribution >= 4 is 11.6 Å². The maximum Gasteiger partial charge on any atom is 0.223 e. The molecule has 0 aromatic heterocycles. The Morgan fingerprint density at radius 3 is 2.75 bits per heavy atom. The molecule has 1 atom stereocenters. The number of hydrogen-bond donors (Lipinski definition) is 2. The number of hydrogen-bond acceptors (Lipinski definition) is 4. The van der Waals surface area contributed by atoms with Gasteiger partial charge in [-0.15, -0.1) is 0 Å². The fraction of sp³-hybridized carbons (Fsp3) is 0.741. The molecule has 0 saturated carbocycles. The summed E-state index contributed by atoms with van der Waals surface area (Å²) in [7, 11) is 0. The molecule has 1 amide bonds. The highest BCUT2D eigenvalue weighted by Crippen LogP contribution is 2.28. The second kappa shape index (κ2) is 12.0. The van der Waals surface area contributed by atoms with E-state index >= 15 is 0 Å². The number of anilines is 1. The van der Waals surface area contributed by atoms with Crippen LogP contribution in [0.1, 0.15) is 70.9 Å². The van der Waals surface area contributed by atoms with Crippen molar-refractivity contribution in [3.8, 4) is 0 Å². The molecule has 1 unspecified atom stereocenters. The molecule has 1 aromatic rings. The minimum absolute atomic E-state index is 0.283. The highest BCUT2D eigenvalue weighted by atomic mass is 16.2. The molecule has 32 heavy (non-hydrogen) atoms. The van der Waals surface area contributed by atoms with Gasteiger partial charge in [-0.3, -0.25) is 4.79 Å². The molecule has 5 nitrogen and oxygen atoms in total. The lowest BCUT2D eigenvalue weighted by Gasteiger charge is -2.35. The first-order chi connectivity index (χ1) is 15.4. The Morgan fingerprint density at radius 1 is 1.12 bits per heavy atom. The number of amides is 1. The number of benzene rings is 1. The van der Waals surface area contributed by atoms with Crippen LogP contribution in [0.2, 0.25) is 0 Å². The Labute approximate surface area is 196 Å². The molecule has 1 saturated heterocycles. The summed E-state index contributed by atoms with van der Waals surface area (Å²) in [5.41, 5.74) is 4.61. The van der Waals surface area contributed by atoms with E-state index in [9.17, 15) is 4.79 Å². The van der Waals surface area contributed by atoms with E-state index in [4.69, 9.17) is 0 Å². The van der Waals surface area contributed by atoms with Crippen molar-refractivity contribution < 1.29 is 4.79 Å². The third-order valence-corrected chi connectivity index (χ3v) is 6.81. The molecule has 1 fully saturated rings. The standard InChI is InChI=1S/C27H46N4O/c1-5-15-30(16-6-7-17-31-18-14-28-13-12-26(31)32)25-11-9-22-8-10-24(19-23(22)20-25)29-21-27(2,3)4/h8,10,19,25,28-29H,5-7,9,11-18,20-21H2,1-4H3. The molecule has 180 valence electrons. The van der Waals surface area contributed by atoms with Crippen LogP contribution in [-0.2, 0) is 17.6 Å². The Morgan fingerprint density at radius 2 is 1.97 bits per heavy atom. The molecule has 1 aliphatic carbocycles. The van der Waals surface area contributed by atoms with Crippen molar-refractivity contribution in [2.75, 3.05) is 51.1 Å². The van der Waals surface area contributed by atoms with Crippen molar-refractivity contribution in [3.05, 3.63) is 29.3 Å². The van der Waals surface area contributed by atoms with Gasteiger partial charge in [0.2, 0.25) is 5.91 Å². The van der Waals surface area contributed by atoms with Crippen molar-refractivity contribution in [2.24, 2.45) is 5.41 Å². The van der Waals surface area contributed by atoms with Gasteiger partial charge in [0, 0.05) is 50.9 Å². The summed E-state index contributed by atoms with van der Waals surface area (Å²) in [4.78, 5) is 17.0. The smallest absolute Gasteiger partial charge is 0.223 e. The van der Waals surface area contributed by atoms with Crippen LogP contribution in [0.15, 0.2) is 18.2 Å². The number of fused-ring (bicyclic) bond motifs is 1. The van der Waals surface area contributed by atoms with Gasteiger partial charge in [0.1, 0.15) is 0 Å². The van der Waals surface area contributed by atoms with Gasteiger partial charge in [0.25, 0.3) is 0 Å². The second-order valence-corrected chi connectivity index (χ2v) is 10.9. The molecular formula is C27H46N4O. The molecule has 2 N–H and O–H groups in total. The van der Waals surface area contributed by atoms with Gasteiger partial charge in [-0.25, -0.2) is 0 Å². The third kappa shape index (κ3) is 7.77. The molecule has 1 heterocycles. The van der Waals surface area contributed by atoms with Gasteiger partial charge in [0.15, 0.2) is 0 Å². The maximum absolute atomic E-state index is 12.2. The summed E-state index contributed by atoms with van der Waals surface area (Å²) in [5, 5.41) is 6.96. The number of nitrogens with one attached hydrogen (secondary N) is 2. The number of unbranched alkanes of at least 4 members (excludes halogenated alkanes) is 1. The van der Waals surface area contributed by atoms with Gasteiger partial charge >= 0.3 is 0 Å². The maximum atomic E-state index is 12.2. The quantitative estimate of drug-likeness (QED) is 0.530. The number of rotatable bonds is 10. The van der Waals surface area contributed by atoms with E-state index in [0.29, 0.717) is 18.4 Å². The van der Waals surface area contributed by atoms with E-state index in [1.165, 1.54) is 49.0 Å². The van der Waals surface area contributed by atoms with E-state index in [1.807, 2.05) is 0 Å². The van der Waals surface area contributed by atoms with E-state index < -0.39 is 0 Å². The summed E-state index contributed by atoms with van der Waals surface area (Å²) >= 11 is 0. The largest absolute Gasteiger partial charge is 0.385 e. The lowest BCUT2D eigenvalue weighted by Crippen LogP contribution is -2.41. The van der Waals surface area contributed by atoms with E-state index in [0.717, 1.165) is 52.1 Å². The fourth-order valence-corrected chi connectivity index (χ4v) is 4.96. The number of carbonyl (C=O) groups is 1. The first-order valence-electron chi connectivity index (χ1n) is 12.9. The summed E-state index contributed by atoms with van der Waals surface area (Å²) in [6.45, 7) is 16.0. The van der Waals surface area contributed by atoms with Crippen molar-refractivity contribution in [2.45, 2.75) is 78.7 Å². The molecule has 0 bridgehead atoms. The van der Waals surface area contributed by atoms with Crippen LogP contribution in [0.25, 0.3) is 0 Å². The number of aryl methyl sites for hydroxylation is 1. The first kappa shape index (κ1) is 25.0. The van der Waals surface area contributed by atoms with Gasteiger partial charge in [-0.1, -0.05) is 33.8 Å². The zero-order valence-electron chi connectivity index (χ0n) is 21.0. The molecule has 3 rings (SSSR count). The average molecular weight is 443 g/mol. The number of nitrogens with zero attached hydrogens (tertiary/aromatic N) is 2. The van der Waals surface area contributed by atoms with Crippen LogP contribution < -0.4 is 10.6 Å². The minimum Gasteiger partial charge on any atom is -0.385 e. The fourth-order valence-electron chi connectivity index (χ4n) is 4.96. The molecule has 2 aliphatic rings. The molecule has 5 heteroatoms. The van der Waals surface area contributed by atoms with E-state index in [1.54, 1.807) is 0 Å². The van der Waals surface area contributed by atoms with Crippen LogP contribution in [0.3, 0.4) is 0 Å². The molecule has 0 spiro atoms. The highest BCUT2D eigenvalue weighted by molar-refractivity contribution is 5.76. The highest BCUT2D eigenvalue weighted by Gasteiger charge is 2.24. The predicted molar refractivity (Wildman–Crippen MR) is 135 cm³/mol. The van der Waals surface area contributed by atoms with Crippen molar-refractivity contribution in [1.29, 1.82) is 0 Å². The second-order valence-electron chi connectivity index (χ2n) is 10.9. The summed E-state index contributed by atoms with van der Waals surface area (Å²) in [5.74, 6) is 0.320. The van der Waals surface area contributed by atoms with Crippen LogP contribution in [0, 0.1) is 5.41 Å². The molecular weight excluding hydrogens is 396 g/mol. The third-order valence-electron chi connectivity index (χ3n) is 6.81. The van der Waals surface area contributed by atoms with Crippen LogP contribution in [0.4, 0.5) is 5.69 Å². The molecule has 1 aliphatic heterocycles. The SMILES string of the molecule is CCCN(CCCCN1CCNCCC1=O)C1CCc2ccc(NCC(C)(C)C)cc2C1. The first-order valence-corrected chi connectivity index (χ1v) is 12.9. The van der Waals surface area contributed by atoms with Gasteiger partial charge < -0.3 is 20.4 Å². The number of carbonyl (C=O) groups excluding carboxylic acids is 1. The Balaban J connectivity index is 1.51. The summed E-state index contributed by atoms with van der Waals surface area (Å²) < 4.78 is 0. The average Bonchev–Trinajstić information content (AvgIpc) is 2.97. The van der Waals surface area contributed by atoms with Crippen LogP contribution >= 0.6 is 0 Å². The van der Waals surface area contributed by atoms with Gasteiger partial charge in [-0.05, 0) is 80.3 Å². The predicted octanol–water partition coefficient (Wildman–Crippen LogP) is 4.32. The van der Waals surface area contributed by atoms with E-state index in [-0.39, 0.29) is 5.41 Å². The van der Waals surface area contributed by atoms with Crippen molar-refractivity contribution in [3.63, 3.8) is 0 Å². The van der Waals surface area contributed by atoms with E-state index in [2.05, 4.69) is 66.3 Å². The topological polar surface area (TPSA) is 47.6 Å². The van der Waals surface area contributed by atoms with Crippen LogP contribution in [-0.4, -0.2) is 67.6 Å².